The van der Waals surface area contributed by atoms with Gasteiger partial charge in [0.05, 0.1) is 0 Å². The van der Waals surface area contributed by atoms with Gasteiger partial charge in [0.1, 0.15) is 0 Å². The molecule has 0 aromatic carbocycles. The van der Waals surface area contributed by atoms with E-state index in [1.54, 1.807) is 0 Å². The van der Waals surface area contributed by atoms with Crippen molar-refractivity contribution in [3.05, 3.63) is 25.3 Å². The van der Waals surface area contributed by atoms with Crippen molar-refractivity contribution in [2.24, 2.45) is 0 Å². The first-order chi connectivity index (χ1) is 3.41. The van der Waals surface area contributed by atoms with Gasteiger partial charge in [-0.3, -0.25) is 0 Å². The van der Waals surface area contributed by atoms with E-state index in [0.29, 0.717) is 0 Å². The summed E-state index contributed by atoms with van der Waals surface area (Å²) < 4.78 is 0. The topological polar surface area (TPSA) is 0 Å². The first-order valence-electron chi connectivity index (χ1n) is 2.21. The van der Waals surface area contributed by atoms with Crippen molar-refractivity contribution in [1.82, 2.24) is 0 Å². The normalized spacial score (nSPS) is 8.00. The fourth-order valence-corrected chi connectivity index (χ4v) is 0.704. The van der Waals surface area contributed by atoms with Gasteiger partial charge in [-0.2, -0.15) is 11.8 Å². The summed E-state index contributed by atoms with van der Waals surface area (Å²) in [6.45, 7) is 7.15. The molecular weight excluding hydrogens is 104 g/mol. The molecule has 0 saturated heterocycles. The highest BCUT2D eigenvalue weighted by Gasteiger charge is 1.73. The summed E-state index contributed by atoms with van der Waals surface area (Å²) in [6, 6.07) is 0. The van der Waals surface area contributed by atoms with Crippen LogP contribution < -0.4 is 0 Å². The first-order valence-corrected chi connectivity index (χ1v) is 3.37. The van der Waals surface area contributed by atoms with E-state index in [1.165, 1.54) is 0 Å². The Morgan fingerprint density at radius 2 is 1.57 bits per heavy atom. The van der Waals surface area contributed by atoms with Crippen molar-refractivity contribution >= 4 is 11.8 Å². The molecule has 0 aliphatic carbocycles. The minimum atomic E-state index is 1.03. The standard InChI is InChI=1S/C6H10S/c1-3-5-7-6-4-2/h3-4H,1-2,5-6H2. The maximum atomic E-state index is 3.58. The zero-order valence-electron chi connectivity index (χ0n) is 4.39. The molecule has 0 fully saturated rings. The zero-order chi connectivity index (χ0) is 5.54. The Morgan fingerprint density at radius 3 is 1.86 bits per heavy atom. The van der Waals surface area contributed by atoms with E-state index in [9.17, 15) is 0 Å². The summed E-state index contributed by atoms with van der Waals surface area (Å²) in [5.74, 6) is 2.07. The molecule has 0 aromatic heterocycles. The molecule has 0 atom stereocenters. The summed E-state index contributed by atoms with van der Waals surface area (Å²) in [7, 11) is 0. The van der Waals surface area contributed by atoms with Gasteiger partial charge >= 0.3 is 0 Å². The largest absolute Gasteiger partial charge is 0.154 e. The van der Waals surface area contributed by atoms with Gasteiger partial charge in [0, 0.05) is 11.5 Å². The molecular formula is C6H10S. The lowest BCUT2D eigenvalue weighted by Gasteiger charge is -1.85. The van der Waals surface area contributed by atoms with Crippen LogP contribution in [0.25, 0.3) is 0 Å². The Bertz CT molecular complexity index is 49.2. The number of hydrogen-bond donors (Lipinski definition) is 0. The van der Waals surface area contributed by atoms with E-state index >= 15 is 0 Å². The minimum Gasteiger partial charge on any atom is -0.154 e. The molecule has 7 heavy (non-hydrogen) atoms. The predicted octanol–water partition coefficient (Wildman–Crippen LogP) is 2.09. The third-order valence-electron chi connectivity index (χ3n) is 0.471. The fraction of sp³-hybridized carbons (Fsp3) is 0.333. The highest BCUT2D eigenvalue weighted by atomic mass is 32.2. The predicted molar refractivity (Wildman–Crippen MR) is 37.7 cm³/mol. The Hall–Kier alpha value is -0.170. The van der Waals surface area contributed by atoms with Crippen molar-refractivity contribution < 1.29 is 0 Å². The zero-order valence-corrected chi connectivity index (χ0v) is 5.21. The van der Waals surface area contributed by atoms with Crippen molar-refractivity contribution in [3.63, 3.8) is 0 Å². The Labute approximate surface area is 49.3 Å². The quantitative estimate of drug-likeness (QED) is 0.398. The molecule has 0 saturated carbocycles. The highest BCUT2D eigenvalue weighted by Crippen LogP contribution is 1.97. The number of thioether (sulfide) groups is 1. The molecule has 0 nitrogen and oxygen atoms in total. The van der Waals surface area contributed by atoms with E-state index in [1.807, 2.05) is 23.9 Å². The number of hydrogen-bond acceptors (Lipinski definition) is 1. The van der Waals surface area contributed by atoms with E-state index in [0.717, 1.165) is 11.5 Å². The van der Waals surface area contributed by atoms with Gasteiger partial charge in [0.15, 0.2) is 0 Å². The van der Waals surface area contributed by atoms with Crippen LogP contribution >= 0.6 is 11.8 Å². The average molecular weight is 114 g/mol. The van der Waals surface area contributed by atoms with Gasteiger partial charge in [-0.25, -0.2) is 0 Å². The van der Waals surface area contributed by atoms with E-state index < -0.39 is 0 Å². The first kappa shape index (κ1) is 6.83. The molecule has 0 spiro atoms. The molecule has 0 unspecified atom stereocenters. The lowest BCUT2D eigenvalue weighted by molar-refractivity contribution is 1.74. The average Bonchev–Trinajstić information content (AvgIpc) is 1.69. The van der Waals surface area contributed by atoms with Gasteiger partial charge in [0.2, 0.25) is 0 Å². The molecule has 0 amide bonds. The smallest absolute Gasteiger partial charge is 0.0113 e. The summed E-state index contributed by atoms with van der Waals surface area (Å²) >= 11 is 1.82. The Morgan fingerprint density at radius 1 is 1.14 bits per heavy atom. The van der Waals surface area contributed by atoms with Crippen molar-refractivity contribution in [1.29, 1.82) is 0 Å². The van der Waals surface area contributed by atoms with Gasteiger partial charge in [-0.15, -0.1) is 13.2 Å². The maximum absolute atomic E-state index is 3.58. The van der Waals surface area contributed by atoms with Gasteiger partial charge < -0.3 is 0 Å². The summed E-state index contributed by atoms with van der Waals surface area (Å²) in [6.07, 6.45) is 3.79. The van der Waals surface area contributed by atoms with Crippen LogP contribution in [0.3, 0.4) is 0 Å². The van der Waals surface area contributed by atoms with Crippen LogP contribution in [0.1, 0.15) is 0 Å². The molecule has 0 N–H and O–H groups in total. The van der Waals surface area contributed by atoms with Crippen LogP contribution in [0.15, 0.2) is 25.3 Å². The van der Waals surface area contributed by atoms with Crippen LogP contribution in [0, 0.1) is 0 Å². The summed E-state index contributed by atoms with van der Waals surface area (Å²) in [5.41, 5.74) is 0. The van der Waals surface area contributed by atoms with Gasteiger partial charge in [-0.1, -0.05) is 12.2 Å². The second-order valence-corrected chi connectivity index (χ2v) is 2.19. The molecule has 0 heterocycles. The van der Waals surface area contributed by atoms with E-state index in [2.05, 4.69) is 13.2 Å². The van der Waals surface area contributed by atoms with Crippen LogP contribution in [-0.2, 0) is 0 Å². The molecule has 40 valence electrons. The third kappa shape index (κ3) is 5.83. The molecule has 0 aromatic rings. The summed E-state index contributed by atoms with van der Waals surface area (Å²) in [4.78, 5) is 0. The van der Waals surface area contributed by atoms with Gasteiger partial charge in [0.25, 0.3) is 0 Å². The SMILES string of the molecule is C=CCSCC=C. The third-order valence-corrected chi connectivity index (χ3v) is 1.41. The lowest BCUT2D eigenvalue weighted by atomic mass is 10.8. The van der Waals surface area contributed by atoms with Crippen LogP contribution in [0.2, 0.25) is 0 Å². The monoisotopic (exact) mass is 114 g/mol. The second kappa shape index (κ2) is 5.83. The van der Waals surface area contributed by atoms with Crippen LogP contribution in [-0.4, -0.2) is 11.5 Å². The van der Waals surface area contributed by atoms with Crippen molar-refractivity contribution in [3.8, 4) is 0 Å². The molecule has 0 radical (unpaired) electrons. The van der Waals surface area contributed by atoms with E-state index in [4.69, 9.17) is 0 Å². The lowest BCUT2D eigenvalue weighted by Crippen LogP contribution is -1.69. The molecule has 0 rings (SSSR count). The van der Waals surface area contributed by atoms with Gasteiger partial charge in [-0.05, 0) is 0 Å². The van der Waals surface area contributed by atoms with Crippen molar-refractivity contribution in [2.45, 2.75) is 0 Å². The molecule has 0 aliphatic heterocycles. The fourth-order valence-electron chi connectivity index (χ4n) is 0.235. The van der Waals surface area contributed by atoms with Crippen LogP contribution in [0.4, 0.5) is 0 Å². The molecule has 1 heteroatoms. The van der Waals surface area contributed by atoms with Crippen LogP contribution in [0.5, 0.6) is 0 Å². The molecule has 0 aliphatic rings. The number of rotatable bonds is 4. The Balaban J connectivity index is 2.68. The Kier molecular flexibility index (Phi) is 5.69. The van der Waals surface area contributed by atoms with Crippen molar-refractivity contribution in [2.75, 3.05) is 11.5 Å². The summed E-state index contributed by atoms with van der Waals surface area (Å²) in [5, 5.41) is 0. The maximum Gasteiger partial charge on any atom is 0.0113 e. The highest BCUT2D eigenvalue weighted by molar-refractivity contribution is 7.99. The van der Waals surface area contributed by atoms with E-state index in [-0.39, 0.29) is 0 Å². The second-order valence-electron chi connectivity index (χ2n) is 1.11. The minimum absolute atomic E-state index is 1.03. The molecule has 0 bridgehead atoms.